The van der Waals surface area contributed by atoms with Crippen LogP contribution in [0, 0.1) is 20.8 Å². The number of benzene rings is 9. The molecule has 12 aromatic rings. The lowest BCUT2D eigenvalue weighted by molar-refractivity contribution is 0.485. The zero-order valence-electron chi connectivity index (χ0n) is 37.4. The molecule has 9 aromatic carbocycles. The molecule has 3 aromatic heterocycles. The van der Waals surface area contributed by atoms with Crippen molar-refractivity contribution >= 4 is 59.9 Å². The lowest BCUT2D eigenvalue weighted by Gasteiger charge is -2.22. The number of hydrogen-bond donors (Lipinski definition) is 0. The number of hydrogen-bond acceptors (Lipinski definition) is 0. The topological polar surface area (TPSA) is 9.34 Å². The summed E-state index contributed by atoms with van der Waals surface area (Å²) < 4.78 is 5.01. The van der Waals surface area contributed by atoms with Gasteiger partial charge in [-0.1, -0.05) is 194 Å². The van der Waals surface area contributed by atoms with Gasteiger partial charge in [0, 0.05) is 49.4 Å². The molecule has 0 bridgehead atoms. The summed E-state index contributed by atoms with van der Waals surface area (Å²) in [6.07, 6.45) is 8.20. The normalized spacial score (nSPS) is 13.7. The van der Waals surface area contributed by atoms with Crippen LogP contribution in [0.1, 0.15) is 42.0 Å². The van der Waals surface area contributed by atoms with Crippen molar-refractivity contribution in [2.24, 2.45) is 0 Å². The predicted molar refractivity (Wildman–Crippen MR) is 280 cm³/mol. The Morgan fingerprint density at radius 2 is 0.877 bits per heavy atom. The summed E-state index contributed by atoms with van der Waals surface area (Å²) >= 11 is 0. The van der Waals surface area contributed by atoms with E-state index in [0.29, 0.717) is 6.04 Å². The first-order chi connectivity index (χ1) is 32.0. The number of aromatic nitrogens is 2. The first-order valence-electron chi connectivity index (χ1n) is 23.1. The van der Waals surface area contributed by atoms with Crippen LogP contribution in [-0.4, -0.2) is 8.97 Å². The number of nitrogens with zero attached hydrogens (tertiary/aromatic N) is 2. The van der Waals surface area contributed by atoms with Crippen molar-refractivity contribution in [2.75, 3.05) is 0 Å². The Morgan fingerprint density at radius 3 is 1.54 bits per heavy atom. The van der Waals surface area contributed by atoms with E-state index in [1.165, 1.54) is 123 Å². The van der Waals surface area contributed by atoms with Gasteiger partial charge in [-0.05, 0) is 115 Å². The predicted octanol–water partition coefficient (Wildman–Crippen LogP) is 17.5. The van der Waals surface area contributed by atoms with Gasteiger partial charge in [0.2, 0.25) is 0 Å². The molecule has 1 unspecified atom stereocenters. The largest absolute Gasteiger partial charge is 0.337 e. The first-order valence-corrected chi connectivity index (χ1v) is 23.1. The van der Waals surface area contributed by atoms with Crippen molar-refractivity contribution in [3.05, 3.63) is 235 Å². The number of aryl methyl sites for hydroxylation is 3. The summed E-state index contributed by atoms with van der Waals surface area (Å²) in [5.41, 5.74) is 18.3. The summed E-state index contributed by atoms with van der Waals surface area (Å²) in [6, 6.07) is 75.0. The highest BCUT2D eigenvalue weighted by Crippen LogP contribution is 2.40. The second-order valence-corrected chi connectivity index (χ2v) is 17.8. The van der Waals surface area contributed by atoms with E-state index in [2.05, 4.69) is 248 Å². The number of fused-ring (bicyclic) bond motifs is 9. The minimum Gasteiger partial charge on any atom is -0.337 e. The monoisotopic (exact) mass is 836 g/mol. The van der Waals surface area contributed by atoms with Crippen molar-refractivity contribution in [1.82, 2.24) is 8.97 Å². The standard InChI is InChI=1S/C25H23N.C19H13N.C19H16/c1-18-11-13-19(14-12-18)20-15-16-25-23(17-20)22-9-5-6-10-24(22)26(25)21-7-3-2-4-8-21;1-12-6-4-8-15-16-10-5-9-14-13-7-2-3-11-17(13)20(18(12)15)19(14)16;1-15-12-18(16-8-4-2-5-9-16)14-19(13-15)17-10-6-3-7-11-17/h2-3,5-6,9-17,21H,4,7-8H2,1H3;2-11H,1H3;2-14H,1H3. The molecule has 1 aliphatic rings. The molecule has 314 valence electrons. The smallest absolute Gasteiger partial charge is 0.0620 e. The molecule has 3 heterocycles. The van der Waals surface area contributed by atoms with E-state index in [4.69, 9.17) is 0 Å². The van der Waals surface area contributed by atoms with Gasteiger partial charge in [0.1, 0.15) is 0 Å². The van der Waals surface area contributed by atoms with E-state index in [9.17, 15) is 0 Å². The van der Waals surface area contributed by atoms with Gasteiger partial charge < -0.3 is 8.97 Å². The van der Waals surface area contributed by atoms with E-state index in [0.717, 1.165) is 6.42 Å². The van der Waals surface area contributed by atoms with Crippen LogP contribution < -0.4 is 0 Å². The maximum atomic E-state index is 2.58. The fraction of sp³-hybridized carbons (Fsp3) is 0.111. The van der Waals surface area contributed by atoms with Gasteiger partial charge >= 0.3 is 0 Å². The van der Waals surface area contributed by atoms with Crippen molar-refractivity contribution in [1.29, 1.82) is 0 Å². The lowest BCUT2D eigenvalue weighted by atomic mass is 9.97. The van der Waals surface area contributed by atoms with Crippen LogP contribution in [0.3, 0.4) is 0 Å². The van der Waals surface area contributed by atoms with Crippen LogP contribution in [0.4, 0.5) is 0 Å². The minimum atomic E-state index is 0.563. The quantitative estimate of drug-likeness (QED) is 0.156. The summed E-state index contributed by atoms with van der Waals surface area (Å²) in [7, 11) is 0. The van der Waals surface area contributed by atoms with Crippen LogP contribution in [0.15, 0.2) is 218 Å². The van der Waals surface area contributed by atoms with E-state index >= 15 is 0 Å². The Morgan fingerprint density at radius 1 is 0.354 bits per heavy atom. The lowest BCUT2D eigenvalue weighted by Crippen LogP contribution is -2.09. The van der Waals surface area contributed by atoms with Crippen molar-refractivity contribution in [2.45, 2.75) is 46.1 Å². The molecule has 0 fully saturated rings. The Hall–Kier alpha value is -7.68. The highest BCUT2D eigenvalue weighted by molar-refractivity contribution is 6.23. The van der Waals surface area contributed by atoms with Gasteiger partial charge in [0.05, 0.1) is 16.6 Å². The van der Waals surface area contributed by atoms with E-state index in [1.54, 1.807) is 0 Å². The molecule has 2 heteroatoms. The van der Waals surface area contributed by atoms with Crippen LogP contribution in [0.25, 0.3) is 93.3 Å². The molecule has 0 radical (unpaired) electrons. The molecule has 0 saturated heterocycles. The average molecular weight is 837 g/mol. The number of allylic oxidation sites excluding steroid dienone is 2. The fourth-order valence-corrected chi connectivity index (χ4v) is 10.4. The zero-order valence-corrected chi connectivity index (χ0v) is 37.4. The van der Waals surface area contributed by atoms with E-state index < -0.39 is 0 Å². The zero-order chi connectivity index (χ0) is 43.9. The van der Waals surface area contributed by atoms with Crippen molar-refractivity contribution in [3.8, 4) is 33.4 Å². The molecule has 13 rings (SSSR count). The average Bonchev–Trinajstić information content (AvgIpc) is 4.01. The van der Waals surface area contributed by atoms with Gasteiger partial charge in [0.25, 0.3) is 0 Å². The number of para-hydroxylation sites is 4. The minimum absolute atomic E-state index is 0.563. The highest BCUT2D eigenvalue weighted by atomic mass is 15.0. The molecular formula is C63H52N2. The molecule has 65 heavy (non-hydrogen) atoms. The molecule has 0 spiro atoms. The highest BCUT2D eigenvalue weighted by Gasteiger charge is 2.20. The van der Waals surface area contributed by atoms with Crippen LogP contribution >= 0.6 is 0 Å². The SMILES string of the molecule is Cc1cc(-c2ccccc2)cc(-c2ccccc2)c1.Cc1ccc(-c2ccc3c(c2)c2ccccc2n3C2CC=CCC2)cc1.Cc1cccc2c3cccc4c5ccccc5n(c12)c43. The third-order valence-electron chi connectivity index (χ3n) is 13.4. The molecule has 1 aliphatic carbocycles. The van der Waals surface area contributed by atoms with Gasteiger partial charge in [-0.3, -0.25) is 0 Å². The Bertz CT molecular complexity index is 3590. The van der Waals surface area contributed by atoms with Crippen LogP contribution in [0.2, 0.25) is 0 Å². The maximum absolute atomic E-state index is 2.58. The fourth-order valence-electron chi connectivity index (χ4n) is 10.4. The Balaban J connectivity index is 0.000000110. The Kier molecular flexibility index (Phi) is 10.6. The second-order valence-electron chi connectivity index (χ2n) is 17.8. The van der Waals surface area contributed by atoms with Crippen LogP contribution in [0.5, 0.6) is 0 Å². The summed E-state index contributed by atoms with van der Waals surface area (Å²) in [5.74, 6) is 0. The Labute approximate surface area is 381 Å². The molecule has 0 N–H and O–H groups in total. The van der Waals surface area contributed by atoms with Gasteiger partial charge in [-0.25, -0.2) is 0 Å². The molecule has 0 saturated carbocycles. The number of rotatable bonds is 4. The maximum Gasteiger partial charge on any atom is 0.0620 e. The summed E-state index contributed by atoms with van der Waals surface area (Å²) in [4.78, 5) is 0. The van der Waals surface area contributed by atoms with Gasteiger partial charge in [-0.2, -0.15) is 0 Å². The molecule has 0 aliphatic heterocycles. The van der Waals surface area contributed by atoms with Crippen molar-refractivity contribution < 1.29 is 0 Å². The summed E-state index contributed by atoms with van der Waals surface area (Å²) in [5, 5.41) is 8.15. The van der Waals surface area contributed by atoms with Gasteiger partial charge in [0.15, 0.2) is 0 Å². The van der Waals surface area contributed by atoms with Crippen molar-refractivity contribution in [3.63, 3.8) is 0 Å². The third kappa shape index (κ3) is 7.45. The molecule has 2 nitrogen and oxygen atoms in total. The third-order valence-corrected chi connectivity index (χ3v) is 13.4. The van der Waals surface area contributed by atoms with Gasteiger partial charge in [-0.15, -0.1) is 0 Å². The van der Waals surface area contributed by atoms with E-state index in [1.807, 2.05) is 0 Å². The van der Waals surface area contributed by atoms with E-state index in [-0.39, 0.29) is 0 Å². The first kappa shape index (κ1) is 40.1. The molecular weight excluding hydrogens is 785 g/mol. The summed E-state index contributed by atoms with van der Waals surface area (Å²) in [6.45, 7) is 6.49. The molecule has 1 atom stereocenters. The van der Waals surface area contributed by atoms with Crippen LogP contribution in [-0.2, 0) is 0 Å². The molecule has 0 amide bonds. The second kappa shape index (κ2) is 17.1.